The van der Waals surface area contributed by atoms with Crippen LogP contribution in [0, 0.1) is 5.92 Å². The molecule has 1 fully saturated rings. The van der Waals surface area contributed by atoms with Gasteiger partial charge in [0.2, 0.25) is 5.91 Å². The molecule has 0 saturated carbocycles. The lowest BCUT2D eigenvalue weighted by molar-refractivity contribution is -0.125. The van der Waals surface area contributed by atoms with Gasteiger partial charge in [-0.3, -0.25) is 4.79 Å². The molecule has 1 amide bonds. The monoisotopic (exact) mass is 460 g/mol. The average Bonchev–Trinajstić information content (AvgIpc) is 3.58. The smallest absolute Gasteiger partial charge is 0.224 e. The lowest BCUT2D eigenvalue weighted by Gasteiger charge is -2.32. The molecule has 9 nitrogen and oxygen atoms in total. The molecule has 0 spiro atoms. The van der Waals surface area contributed by atoms with Crippen LogP contribution in [0.5, 0.6) is 0 Å². The van der Waals surface area contributed by atoms with Gasteiger partial charge in [0.1, 0.15) is 29.8 Å². The Morgan fingerprint density at radius 1 is 1.15 bits per heavy atom. The molecular formula is C23H24N8OS. The van der Waals surface area contributed by atoms with Crippen LogP contribution >= 0.6 is 11.3 Å². The topological polar surface area (TPSA) is 102 Å². The van der Waals surface area contributed by atoms with Gasteiger partial charge in [-0.25, -0.2) is 24.6 Å². The van der Waals surface area contributed by atoms with Crippen LogP contribution in [-0.4, -0.2) is 55.3 Å². The van der Waals surface area contributed by atoms with Crippen LogP contribution in [0.25, 0.3) is 16.4 Å². The first kappa shape index (κ1) is 21.2. The van der Waals surface area contributed by atoms with Crippen molar-refractivity contribution in [3.05, 3.63) is 66.5 Å². The molecule has 33 heavy (non-hydrogen) atoms. The fourth-order valence-corrected chi connectivity index (χ4v) is 4.81. The van der Waals surface area contributed by atoms with Gasteiger partial charge in [0.15, 0.2) is 5.82 Å². The Balaban J connectivity index is 1.15. The molecule has 1 N–H and O–H groups in total. The highest BCUT2D eigenvalue weighted by atomic mass is 32.1. The third kappa shape index (κ3) is 5.06. The van der Waals surface area contributed by atoms with Crippen molar-refractivity contribution in [2.24, 2.45) is 5.92 Å². The van der Waals surface area contributed by atoms with Gasteiger partial charge in [-0.2, -0.15) is 5.10 Å². The molecule has 168 valence electrons. The predicted octanol–water partition coefficient (Wildman–Crippen LogP) is 2.76. The summed E-state index contributed by atoms with van der Waals surface area (Å²) in [5.74, 6) is 1.47. The van der Waals surface area contributed by atoms with Crippen LogP contribution in [0.1, 0.15) is 18.5 Å². The van der Waals surface area contributed by atoms with Gasteiger partial charge in [0.05, 0.1) is 11.6 Å². The number of aromatic nitrogens is 6. The Morgan fingerprint density at radius 2 is 2.03 bits per heavy atom. The van der Waals surface area contributed by atoms with Crippen molar-refractivity contribution in [3.8, 4) is 16.4 Å². The summed E-state index contributed by atoms with van der Waals surface area (Å²) < 4.78 is 1.60. The molecule has 0 radical (unpaired) electrons. The van der Waals surface area contributed by atoms with Gasteiger partial charge < -0.3 is 10.2 Å². The molecule has 5 rings (SSSR count). The first-order chi connectivity index (χ1) is 16.3. The highest BCUT2D eigenvalue weighted by Crippen LogP contribution is 2.24. The Bertz CT molecular complexity index is 1190. The Morgan fingerprint density at radius 3 is 2.88 bits per heavy atom. The molecule has 1 atom stereocenters. The lowest BCUT2D eigenvalue weighted by atomic mass is 9.97. The van der Waals surface area contributed by atoms with E-state index in [0.29, 0.717) is 18.9 Å². The molecule has 0 aliphatic carbocycles. The summed E-state index contributed by atoms with van der Waals surface area (Å²) in [6.07, 6.45) is 7.12. The zero-order chi connectivity index (χ0) is 22.5. The highest BCUT2D eigenvalue weighted by molar-refractivity contribution is 7.13. The predicted molar refractivity (Wildman–Crippen MR) is 126 cm³/mol. The molecule has 10 heteroatoms. The van der Waals surface area contributed by atoms with Crippen molar-refractivity contribution in [2.75, 3.05) is 24.5 Å². The molecule has 1 unspecified atom stereocenters. The van der Waals surface area contributed by atoms with E-state index in [-0.39, 0.29) is 11.8 Å². The largest absolute Gasteiger partial charge is 0.356 e. The zero-order valence-corrected chi connectivity index (χ0v) is 18.9. The number of amides is 1. The summed E-state index contributed by atoms with van der Waals surface area (Å²) in [5, 5.41) is 10.3. The van der Waals surface area contributed by atoms with Crippen LogP contribution in [0.4, 0.5) is 5.82 Å². The van der Waals surface area contributed by atoms with Crippen LogP contribution < -0.4 is 10.2 Å². The first-order valence-electron chi connectivity index (χ1n) is 11.0. The third-order valence-electron chi connectivity index (χ3n) is 5.66. The number of hydrogen-bond acceptors (Lipinski definition) is 8. The molecule has 0 bridgehead atoms. The zero-order valence-electron chi connectivity index (χ0n) is 18.0. The van der Waals surface area contributed by atoms with Crippen LogP contribution in [-0.2, 0) is 11.2 Å². The SMILES string of the molecule is O=C(NCCc1csc(-c2ccccc2)n1)C1CCCN(c2cc(-n3cncn3)ncn2)C1. The molecule has 1 saturated heterocycles. The van der Waals surface area contributed by atoms with E-state index < -0.39 is 0 Å². The summed E-state index contributed by atoms with van der Waals surface area (Å²) in [4.78, 5) is 32.3. The van der Waals surface area contributed by atoms with E-state index >= 15 is 0 Å². The quantitative estimate of drug-likeness (QED) is 0.452. The van der Waals surface area contributed by atoms with E-state index in [1.807, 2.05) is 24.3 Å². The maximum atomic E-state index is 12.8. The van der Waals surface area contributed by atoms with Gasteiger partial charge >= 0.3 is 0 Å². The second-order valence-corrected chi connectivity index (χ2v) is 8.77. The van der Waals surface area contributed by atoms with E-state index in [1.54, 1.807) is 22.3 Å². The van der Waals surface area contributed by atoms with E-state index in [9.17, 15) is 4.79 Å². The van der Waals surface area contributed by atoms with Gasteiger partial charge in [-0.05, 0) is 12.8 Å². The fourth-order valence-electron chi connectivity index (χ4n) is 3.95. The second kappa shape index (κ2) is 9.86. The number of carbonyl (C=O) groups is 1. The fraction of sp³-hybridized carbons (Fsp3) is 0.304. The summed E-state index contributed by atoms with van der Waals surface area (Å²) in [7, 11) is 0. The minimum atomic E-state index is -0.0705. The molecule has 1 aliphatic heterocycles. The maximum absolute atomic E-state index is 12.8. The number of benzene rings is 1. The minimum Gasteiger partial charge on any atom is -0.356 e. The standard InChI is InChI=1S/C23H24N8OS/c32-22(25-9-8-19-13-33-23(29-19)17-5-2-1-3-6-17)18-7-4-10-30(12-18)20-11-21(27-15-26-20)31-16-24-14-28-31/h1-3,5-6,11,13-16,18H,4,7-10,12H2,(H,25,32). The maximum Gasteiger partial charge on any atom is 0.224 e. The molecule has 4 heterocycles. The summed E-state index contributed by atoms with van der Waals surface area (Å²) in [5.41, 5.74) is 2.13. The van der Waals surface area contributed by atoms with E-state index in [0.717, 1.165) is 47.9 Å². The van der Waals surface area contributed by atoms with Crippen LogP contribution in [0.3, 0.4) is 0 Å². The van der Waals surface area contributed by atoms with E-state index in [2.05, 4.69) is 47.8 Å². The Labute approximate surface area is 195 Å². The number of carbonyl (C=O) groups excluding carboxylic acids is 1. The number of hydrogen-bond donors (Lipinski definition) is 1. The Hall–Kier alpha value is -3.66. The Kier molecular flexibility index (Phi) is 6.34. The molecule has 3 aromatic heterocycles. The number of rotatable bonds is 7. The second-order valence-electron chi connectivity index (χ2n) is 7.91. The number of nitrogens with zero attached hydrogens (tertiary/aromatic N) is 7. The van der Waals surface area contributed by atoms with Crippen molar-refractivity contribution in [1.29, 1.82) is 0 Å². The highest BCUT2D eigenvalue weighted by Gasteiger charge is 2.26. The van der Waals surface area contributed by atoms with Crippen molar-refractivity contribution < 1.29 is 4.79 Å². The normalized spacial score (nSPS) is 16.0. The number of piperidine rings is 1. The molecule has 4 aromatic rings. The van der Waals surface area contributed by atoms with Crippen molar-refractivity contribution in [3.63, 3.8) is 0 Å². The van der Waals surface area contributed by atoms with Crippen molar-refractivity contribution in [1.82, 2.24) is 35.0 Å². The lowest BCUT2D eigenvalue weighted by Crippen LogP contribution is -2.43. The number of thiazole rings is 1. The third-order valence-corrected chi connectivity index (χ3v) is 6.60. The van der Waals surface area contributed by atoms with Gasteiger partial charge in [0.25, 0.3) is 0 Å². The van der Waals surface area contributed by atoms with Crippen molar-refractivity contribution in [2.45, 2.75) is 19.3 Å². The van der Waals surface area contributed by atoms with Gasteiger partial charge in [0, 0.05) is 43.1 Å². The summed E-state index contributed by atoms with van der Waals surface area (Å²) >= 11 is 1.63. The summed E-state index contributed by atoms with van der Waals surface area (Å²) in [6, 6.07) is 12.0. The van der Waals surface area contributed by atoms with Crippen molar-refractivity contribution >= 4 is 23.1 Å². The van der Waals surface area contributed by atoms with Gasteiger partial charge in [-0.1, -0.05) is 30.3 Å². The number of nitrogens with one attached hydrogen (secondary N) is 1. The van der Waals surface area contributed by atoms with Gasteiger partial charge in [-0.15, -0.1) is 11.3 Å². The average molecular weight is 461 g/mol. The minimum absolute atomic E-state index is 0.0705. The summed E-state index contributed by atoms with van der Waals surface area (Å²) in [6.45, 7) is 2.07. The molecule has 1 aliphatic rings. The molecule has 1 aromatic carbocycles. The number of anilines is 1. The van der Waals surface area contributed by atoms with Crippen LogP contribution in [0.15, 0.2) is 60.8 Å². The van der Waals surface area contributed by atoms with E-state index in [4.69, 9.17) is 4.98 Å². The first-order valence-corrected chi connectivity index (χ1v) is 11.8. The van der Waals surface area contributed by atoms with E-state index in [1.165, 1.54) is 12.7 Å². The van der Waals surface area contributed by atoms with Crippen LogP contribution in [0.2, 0.25) is 0 Å². The molecular weight excluding hydrogens is 436 g/mol.